The van der Waals surface area contributed by atoms with Crippen molar-refractivity contribution in [3.63, 3.8) is 0 Å². The summed E-state index contributed by atoms with van der Waals surface area (Å²) in [6, 6.07) is 0.660. The Labute approximate surface area is 128 Å². The second-order valence-electron chi connectivity index (χ2n) is 5.30. The van der Waals surface area contributed by atoms with E-state index in [4.69, 9.17) is 9.72 Å². The molecule has 21 heavy (non-hydrogen) atoms. The van der Waals surface area contributed by atoms with Gasteiger partial charge < -0.3 is 20.1 Å². The largest absolute Gasteiger partial charge is 0.395 e. The highest BCUT2D eigenvalue weighted by atomic mass is 32.1. The van der Waals surface area contributed by atoms with Gasteiger partial charge in [0.15, 0.2) is 10.8 Å². The maximum Gasteiger partial charge on any atom is 0.195 e. The minimum Gasteiger partial charge on any atom is -0.395 e. The summed E-state index contributed by atoms with van der Waals surface area (Å²) < 4.78 is 7.32. The first-order valence-corrected chi connectivity index (χ1v) is 8.24. The fraction of sp³-hybridized carbons (Fsp3) is 0.643. The molecule has 0 radical (unpaired) electrons. The van der Waals surface area contributed by atoms with Crippen LogP contribution in [0.4, 0.5) is 5.82 Å². The summed E-state index contributed by atoms with van der Waals surface area (Å²) in [5, 5.41) is 14.9. The zero-order valence-corrected chi connectivity index (χ0v) is 13.1. The minimum absolute atomic E-state index is 0.115. The number of aliphatic hydroxyl groups is 1. The molecule has 0 atom stereocenters. The molecule has 0 aliphatic heterocycles. The quantitative estimate of drug-likeness (QED) is 0.726. The van der Waals surface area contributed by atoms with E-state index in [1.54, 1.807) is 18.4 Å². The molecule has 1 fully saturated rings. The number of aromatic nitrogens is 2. The van der Waals surface area contributed by atoms with Crippen LogP contribution < -0.4 is 10.2 Å². The lowest BCUT2D eigenvalue weighted by Gasteiger charge is -2.22. The molecule has 3 rings (SSSR count). The van der Waals surface area contributed by atoms with Gasteiger partial charge >= 0.3 is 0 Å². The first kappa shape index (κ1) is 14.8. The number of nitrogens with zero attached hydrogens (tertiary/aromatic N) is 3. The smallest absolute Gasteiger partial charge is 0.195 e. The molecular weight excluding hydrogens is 288 g/mol. The van der Waals surface area contributed by atoms with Gasteiger partial charge in [0, 0.05) is 44.4 Å². The molecule has 116 valence electrons. The van der Waals surface area contributed by atoms with E-state index < -0.39 is 0 Å². The zero-order chi connectivity index (χ0) is 14.7. The fourth-order valence-corrected chi connectivity index (χ4v) is 3.14. The normalized spacial score (nSPS) is 15.0. The van der Waals surface area contributed by atoms with Gasteiger partial charge in [0.1, 0.15) is 0 Å². The second-order valence-corrected chi connectivity index (χ2v) is 6.17. The van der Waals surface area contributed by atoms with Gasteiger partial charge in [-0.05, 0) is 12.8 Å². The van der Waals surface area contributed by atoms with Crippen LogP contribution in [0.3, 0.4) is 0 Å². The van der Waals surface area contributed by atoms with Crippen molar-refractivity contribution < 1.29 is 9.84 Å². The van der Waals surface area contributed by atoms with E-state index in [0.29, 0.717) is 19.2 Å². The minimum atomic E-state index is 0.115. The van der Waals surface area contributed by atoms with E-state index in [1.807, 2.05) is 0 Å². The second kappa shape index (κ2) is 6.74. The molecule has 7 heteroatoms. The van der Waals surface area contributed by atoms with Gasteiger partial charge in [-0.25, -0.2) is 4.98 Å². The van der Waals surface area contributed by atoms with E-state index in [-0.39, 0.29) is 6.61 Å². The molecule has 1 aliphatic rings. The van der Waals surface area contributed by atoms with Crippen LogP contribution in [0.15, 0.2) is 11.6 Å². The standard InChI is InChI=1S/C14H22N4O2S/c1-20-8-5-17(4-7-19)13-12(10-15-11-2-3-11)18-6-9-21-14(18)16-13/h6,9,11,15,19H,2-5,7-8,10H2,1H3. The predicted molar refractivity (Wildman–Crippen MR) is 84.1 cm³/mol. The van der Waals surface area contributed by atoms with Gasteiger partial charge in [-0.15, -0.1) is 11.3 Å². The maximum atomic E-state index is 9.31. The molecule has 2 N–H and O–H groups in total. The van der Waals surface area contributed by atoms with E-state index in [9.17, 15) is 5.11 Å². The van der Waals surface area contributed by atoms with Crippen LogP contribution in [0.5, 0.6) is 0 Å². The zero-order valence-electron chi connectivity index (χ0n) is 12.3. The van der Waals surface area contributed by atoms with Crippen LogP contribution in [-0.2, 0) is 11.3 Å². The Bertz CT molecular complexity index is 579. The lowest BCUT2D eigenvalue weighted by atomic mass is 10.3. The number of ether oxygens (including phenoxy) is 1. The van der Waals surface area contributed by atoms with E-state index >= 15 is 0 Å². The molecule has 2 aromatic heterocycles. The molecule has 6 nitrogen and oxygen atoms in total. The Hall–Kier alpha value is -1.15. The molecule has 2 heterocycles. The number of aliphatic hydroxyl groups excluding tert-OH is 1. The lowest BCUT2D eigenvalue weighted by molar-refractivity contribution is 0.202. The molecule has 0 unspecified atom stereocenters. The molecule has 0 aromatic carbocycles. The lowest BCUT2D eigenvalue weighted by Crippen LogP contribution is -2.32. The van der Waals surface area contributed by atoms with Crippen LogP contribution in [0, 0.1) is 0 Å². The summed E-state index contributed by atoms with van der Waals surface area (Å²) in [5.41, 5.74) is 1.17. The monoisotopic (exact) mass is 310 g/mol. The molecule has 1 aliphatic carbocycles. The molecule has 0 spiro atoms. The summed E-state index contributed by atoms with van der Waals surface area (Å²) >= 11 is 1.64. The van der Waals surface area contributed by atoms with E-state index in [1.165, 1.54) is 18.5 Å². The van der Waals surface area contributed by atoms with Gasteiger partial charge in [-0.1, -0.05) is 0 Å². The Morgan fingerprint density at radius 1 is 1.52 bits per heavy atom. The number of nitrogens with one attached hydrogen (secondary N) is 1. The summed E-state index contributed by atoms with van der Waals surface area (Å²) in [7, 11) is 1.69. The highest BCUT2D eigenvalue weighted by Gasteiger charge is 2.23. The average molecular weight is 310 g/mol. The fourth-order valence-electron chi connectivity index (χ4n) is 2.41. The number of anilines is 1. The van der Waals surface area contributed by atoms with Gasteiger partial charge in [0.25, 0.3) is 0 Å². The van der Waals surface area contributed by atoms with Crippen molar-refractivity contribution in [1.82, 2.24) is 14.7 Å². The number of rotatable bonds is 9. The Kier molecular flexibility index (Phi) is 4.74. The number of imidazole rings is 1. The third-order valence-electron chi connectivity index (χ3n) is 3.71. The highest BCUT2D eigenvalue weighted by Crippen LogP contribution is 2.26. The number of hydrogen-bond acceptors (Lipinski definition) is 6. The molecule has 0 amide bonds. The number of thiazole rings is 1. The van der Waals surface area contributed by atoms with Crippen molar-refractivity contribution in [3.8, 4) is 0 Å². The molecule has 0 bridgehead atoms. The van der Waals surface area contributed by atoms with Crippen molar-refractivity contribution in [3.05, 3.63) is 17.3 Å². The topological polar surface area (TPSA) is 62.0 Å². The van der Waals surface area contributed by atoms with Crippen LogP contribution in [-0.4, -0.2) is 53.9 Å². The van der Waals surface area contributed by atoms with Crippen LogP contribution >= 0.6 is 11.3 Å². The highest BCUT2D eigenvalue weighted by molar-refractivity contribution is 7.15. The number of methoxy groups -OCH3 is 1. The summed E-state index contributed by atoms with van der Waals surface area (Å²) in [5.74, 6) is 0.959. The number of hydrogen-bond donors (Lipinski definition) is 2. The van der Waals surface area contributed by atoms with Crippen molar-refractivity contribution in [2.24, 2.45) is 0 Å². The number of fused-ring (bicyclic) bond motifs is 1. The van der Waals surface area contributed by atoms with Crippen molar-refractivity contribution in [2.45, 2.75) is 25.4 Å². The maximum absolute atomic E-state index is 9.31. The van der Waals surface area contributed by atoms with Crippen molar-refractivity contribution in [1.29, 1.82) is 0 Å². The summed E-state index contributed by atoms with van der Waals surface area (Å²) in [6.07, 6.45) is 4.60. The van der Waals surface area contributed by atoms with Gasteiger partial charge in [0.2, 0.25) is 0 Å². The Morgan fingerprint density at radius 2 is 2.38 bits per heavy atom. The molecule has 2 aromatic rings. The van der Waals surface area contributed by atoms with E-state index in [0.717, 1.165) is 23.9 Å². The first-order valence-electron chi connectivity index (χ1n) is 7.36. The van der Waals surface area contributed by atoms with Crippen LogP contribution in [0.1, 0.15) is 18.5 Å². The van der Waals surface area contributed by atoms with Crippen molar-refractivity contribution >= 4 is 22.1 Å². The van der Waals surface area contributed by atoms with E-state index in [2.05, 4.69) is 26.2 Å². The molecule has 0 saturated heterocycles. The predicted octanol–water partition coefficient (Wildman–Crippen LogP) is 1.09. The van der Waals surface area contributed by atoms with Gasteiger partial charge in [0.05, 0.1) is 18.9 Å². The summed E-state index contributed by atoms with van der Waals surface area (Å²) in [4.78, 5) is 7.85. The SMILES string of the molecule is COCCN(CCO)c1nc2sccn2c1CNC1CC1. The molecular formula is C14H22N4O2S. The third kappa shape index (κ3) is 3.37. The summed E-state index contributed by atoms with van der Waals surface area (Å²) in [6.45, 7) is 2.86. The Morgan fingerprint density at radius 3 is 3.10 bits per heavy atom. The van der Waals surface area contributed by atoms with Crippen LogP contribution in [0.25, 0.3) is 4.96 Å². The first-order chi connectivity index (χ1) is 10.3. The van der Waals surface area contributed by atoms with Crippen LogP contribution in [0.2, 0.25) is 0 Å². The Balaban J connectivity index is 1.85. The average Bonchev–Trinajstić information content (AvgIpc) is 3.09. The van der Waals surface area contributed by atoms with Gasteiger partial charge in [-0.2, -0.15) is 0 Å². The van der Waals surface area contributed by atoms with Crippen molar-refractivity contribution in [2.75, 3.05) is 38.3 Å². The molecule has 1 saturated carbocycles. The third-order valence-corrected chi connectivity index (χ3v) is 4.47. The van der Waals surface area contributed by atoms with Gasteiger partial charge in [-0.3, -0.25) is 4.40 Å².